The summed E-state index contributed by atoms with van der Waals surface area (Å²) in [5.74, 6) is 1.34. The molecule has 6 nitrogen and oxygen atoms in total. The van der Waals surface area contributed by atoms with Gasteiger partial charge in [-0.15, -0.1) is 0 Å². The van der Waals surface area contributed by atoms with E-state index >= 15 is 0 Å². The van der Waals surface area contributed by atoms with Gasteiger partial charge in [0.25, 0.3) is 5.91 Å². The molecule has 1 fully saturated rings. The molecule has 0 bridgehead atoms. The summed E-state index contributed by atoms with van der Waals surface area (Å²) in [7, 11) is 0. The zero-order valence-corrected chi connectivity index (χ0v) is 15.5. The van der Waals surface area contributed by atoms with Gasteiger partial charge >= 0.3 is 0 Å². The number of piperidine rings is 1. The molecular weight excluding hydrogens is 364 g/mol. The highest BCUT2D eigenvalue weighted by Gasteiger charge is 2.33. The van der Waals surface area contributed by atoms with E-state index in [0.29, 0.717) is 23.9 Å². The predicted octanol–water partition coefficient (Wildman–Crippen LogP) is 4.08. The van der Waals surface area contributed by atoms with Crippen LogP contribution in [0, 0.1) is 0 Å². The number of rotatable bonds is 4. The van der Waals surface area contributed by atoms with Crippen LogP contribution in [0.4, 0.5) is 0 Å². The Morgan fingerprint density at radius 3 is 2.85 bits per heavy atom. The fraction of sp³-hybridized carbons (Fsp3) is 0.300. The maximum atomic E-state index is 12.8. The number of oxazole rings is 1. The van der Waals surface area contributed by atoms with E-state index in [-0.39, 0.29) is 17.8 Å². The Balaban J connectivity index is 1.54. The van der Waals surface area contributed by atoms with Crippen LogP contribution in [0.25, 0.3) is 0 Å². The molecule has 4 rings (SSSR count). The first-order chi connectivity index (χ1) is 13.2. The highest BCUT2D eigenvalue weighted by atomic mass is 35.5. The Bertz CT molecular complexity index is 928. The fourth-order valence-electron chi connectivity index (χ4n) is 3.38. The number of likely N-dealkylation sites (tertiary alicyclic amines) is 1. The van der Waals surface area contributed by atoms with Gasteiger partial charge in [-0.1, -0.05) is 23.7 Å². The minimum absolute atomic E-state index is 0.185. The van der Waals surface area contributed by atoms with E-state index < -0.39 is 0 Å². The molecule has 0 spiro atoms. The Morgan fingerprint density at radius 1 is 1.19 bits per heavy atom. The molecule has 27 heavy (non-hydrogen) atoms. The molecule has 1 saturated heterocycles. The number of nitrogens with zero attached hydrogens (tertiary/aromatic N) is 4. The Morgan fingerprint density at radius 2 is 2.04 bits per heavy atom. The van der Waals surface area contributed by atoms with Gasteiger partial charge in [-0.3, -0.25) is 4.79 Å². The van der Waals surface area contributed by atoms with E-state index in [1.54, 1.807) is 29.6 Å². The lowest BCUT2D eigenvalue weighted by Gasteiger charge is -2.33. The highest BCUT2D eigenvalue weighted by molar-refractivity contribution is 6.30. The third-order valence-electron chi connectivity index (χ3n) is 4.64. The molecule has 138 valence electrons. The van der Waals surface area contributed by atoms with Gasteiger partial charge in [0.05, 0.1) is 6.20 Å². The van der Waals surface area contributed by atoms with Crippen LogP contribution in [0.3, 0.4) is 0 Å². The number of carbonyl (C=O) groups is 1. The quantitative estimate of drug-likeness (QED) is 0.679. The number of hydrogen-bond acceptors (Lipinski definition) is 5. The Hall–Kier alpha value is -2.73. The van der Waals surface area contributed by atoms with Crippen LogP contribution >= 0.6 is 11.6 Å². The summed E-state index contributed by atoms with van der Waals surface area (Å²) in [6, 6.07) is 9.16. The van der Waals surface area contributed by atoms with Crippen molar-refractivity contribution in [2.24, 2.45) is 0 Å². The molecule has 0 aliphatic carbocycles. The maximum absolute atomic E-state index is 12.8. The third-order valence-corrected chi connectivity index (χ3v) is 4.88. The van der Waals surface area contributed by atoms with E-state index in [9.17, 15) is 4.79 Å². The molecular formula is C20H19ClN4O2. The summed E-state index contributed by atoms with van der Waals surface area (Å²) in [6.45, 7) is 0.647. The van der Waals surface area contributed by atoms with Crippen molar-refractivity contribution in [3.05, 3.63) is 77.0 Å². The minimum Gasteiger partial charge on any atom is -0.443 e. The molecule has 2 aromatic heterocycles. The van der Waals surface area contributed by atoms with Crippen molar-refractivity contribution in [2.45, 2.75) is 31.7 Å². The number of halogens is 1. The van der Waals surface area contributed by atoms with Crippen LogP contribution in [-0.4, -0.2) is 32.3 Å². The van der Waals surface area contributed by atoms with Crippen molar-refractivity contribution in [3.63, 3.8) is 0 Å². The molecule has 0 N–H and O–H groups in total. The second kappa shape index (κ2) is 7.88. The molecule has 1 aromatic carbocycles. The van der Waals surface area contributed by atoms with Crippen molar-refractivity contribution >= 4 is 17.5 Å². The molecule has 0 saturated carbocycles. The summed E-state index contributed by atoms with van der Waals surface area (Å²) in [6.07, 6.45) is 8.28. The molecule has 1 atom stereocenters. The van der Waals surface area contributed by atoms with Gasteiger partial charge in [0.2, 0.25) is 11.7 Å². The molecule has 1 aliphatic rings. The lowest BCUT2D eigenvalue weighted by atomic mass is 10.0. The summed E-state index contributed by atoms with van der Waals surface area (Å²) in [5, 5.41) is 0.694. The van der Waals surface area contributed by atoms with Crippen LogP contribution < -0.4 is 0 Å². The van der Waals surface area contributed by atoms with E-state index in [2.05, 4.69) is 15.0 Å². The topological polar surface area (TPSA) is 72.1 Å². The average Bonchev–Trinajstić information content (AvgIpc) is 3.16. The van der Waals surface area contributed by atoms with Crippen LogP contribution in [-0.2, 0) is 6.42 Å². The zero-order valence-electron chi connectivity index (χ0n) is 14.7. The Labute approximate surface area is 162 Å². The summed E-state index contributed by atoms with van der Waals surface area (Å²) in [5.41, 5.74) is 1.06. The first-order valence-corrected chi connectivity index (χ1v) is 9.35. The molecule has 1 aliphatic heterocycles. The lowest BCUT2D eigenvalue weighted by molar-refractivity contribution is 0.0557. The SMILES string of the molecule is O=C(c1ncccn1)N1CCCC[C@H]1c1ncc(Cc2cccc(Cl)c2)o1. The van der Waals surface area contributed by atoms with Crippen LogP contribution in [0.1, 0.15) is 53.1 Å². The number of benzene rings is 1. The van der Waals surface area contributed by atoms with Crippen molar-refractivity contribution in [1.82, 2.24) is 19.9 Å². The number of aromatic nitrogens is 3. The van der Waals surface area contributed by atoms with Crippen LogP contribution in [0.15, 0.2) is 53.3 Å². The monoisotopic (exact) mass is 382 g/mol. The van der Waals surface area contributed by atoms with Crippen LogP contribution in [0.5, 0.6) is 0 Å². The maximum Gasteiger partial charge on any atom is 0.292 e. The lowest BCUT2D eigenvalue weighted by Crippen LogP contribution is -2.39. The zero-order chi connectivity index (χ0) is 18.6. The standard InChI is InChI=1S/C20H19ClN4O2/c21-15-6-3-5-14(11-15)12-16-13-24-19(27-16)17-7-1-2-10-25(17)20(26)18-22-8-4-9-23-18/h3-6,8-9,11,13,17H,1-2,7,10,12H2/t17-/m0/s1. The van der Waals surface area contributed by atoms with E-state index in [4.69, 9.17) is 16.0 Å². The summed E-state index contributed by atoms with van der Waals surface area (Å²) in [4.78, 5) is 27.2. The molecule has 1 amide bonds. The Kier molecular flexibility index (Phi) is 5.16. The number of hydrogen-bond donors (Lipinski definition) is 0. The van der Waals surface area contributed by atoms with Crippen molar-refractivity contribution in [1.29, 1.82) is 0 Å². The first-order valence-electron chi connectivity index (χ1n) is 8.98. The summed E-state index contributed by atoms with van der Waals surface area (Å²) < 4.78 is 5.99. The predicted molar refractivity (Wildman–Crippen MR) is 100 cm³/mol. The van der Waals surface area contributed by atoms with Gasteiger partial charge < -0.3 is 9.32 Å². The van der Waals surface area contributed by atoms with Gasteiger partial charge in [-0.05, 0) is 43.0 Å². The molecule has 0 unspecified atom stereocenters. The summed E-state index contributed by atoms with van der Waals surface area (Å²) >= 11 is 6.05. The molecule has 3 aromatic rings. The van der Waals surface area contributed by atoms with Crippen molar-refractivity contribution in [2.75, 3.05) is 6.54 Å². The fourth-order valence-corrected chi connectivity index (χ4v) is 3.59. The van der Waals surface area contributed by atoms with E-state index in [1.807, 2.05) is 24.3 Å². The number of amides is 1. The average molecular weight is 383 g/mol. The van der Waals surface area contributed by atoms with Gasteiger partial charge in [0.15, 0.2) is 0 Å². The van der Waals surface area contributed by atoms with E-state index in [0.717, 1.165) is 30.6 Å². The molecule has 7 heteroatoms. The second-order valence-electron chi connectivity index (χ2n) is 6.55. The van der Waals surface area contributed by atoms with Crippen LogP contribution in [0.2, 0.25) is 5.02 Å². The largest absolute Gasteiger partial charge is 0.443 e. The number of carbonyl (C=O) groups excluding carboxylic acids is 1. The van der Waals surface area contributed by atoms with Crippen molar-refractivity contribution < 1.29 is 9.21 Å². The molecule has 0 radical (unpaired) electrons. The van der Waals surface area contributed by atoms with E-state index in [1.165, 1.54) is 0 Å². The third kappa shape index (κ3) is 4.01. The smallest absolute Gasteiger partial charge is 0.292 e. The van der Waals surface area contributed by atoms with Gasteiger partial charge in [-0.25, -0.2) is 15.0 Å². The van der Waals surface area contributed by atoms with Crippen molar-refractivity contribution in [3.8, 4) is 0 Å². The van der Waals surface area contributed by atoms with Gasteiger partial charge in [0, 0.05) is 30.4 Å². The van der Waals surface area contributed by atoms with Gasteiger partial charge in [-0.2, -0.15) is 0 Å². The highest BCUT2D eigenvalue weighted by Crippen LogP contribution is 2.31. The first kappa shape index (κ1) is 17.7. The minimum atomic E-state index is -0.192. The second-order valence-corrected chi connectivity index (χ2v) is 6.99. The van der Waals surface area contributed by atoms with Gasteiger partial charge in [0.1, 0.15) is 11.8 Å². The normalized spacial score (nSPS) is 17.1. The molecule has 3 heterocycles.